The summed E-state index contributed by atoms with van der Waals surface area (Å²) in [4.78, 5) is 11.2. The van der Waals surface area contributed by atoms with E-state index in [9.17, 15) is 50.8 Å². The molecule has 0 bridgehead atoms. The summed E-state index contributed by atoms with van der Waals surface area (Å²) in [6, 6.07) is 5.59. The predicted molar refractivity (Wildman–Crippen MR) is 173 cm³/mol. The number of carboxylic acids is 1. The van der Waals surface area contributed by atoms with Gasteiger partial charge in [-0.05, 0) is 73.5 Å². The largest absolute Gasteiger partial charge is 0.482 e. The molecule has 9 N–H and O–H groups in total. The van der Waals surface area contributed by atoms with Crippen LogP contribution in [0.3, 0.4) is 0 Å². The van der Waals surface area contributed by atoms with E-state index in [0.29, 0.717) is 44.3 Å². The average molecular weight is 715 g/mol. The maximum absolute atomic E-state index is 11.2. The molecule has 15 atom stereocenters. The van der Waals surface area contributed by atoms with Crippen molar-refractivity contribution in [2.75, 3.05) is 19.8 Å². The Hall–Kier alpha value is -1.99. The third kappa shape index (κ3) is 8.78. The highest BCUT2D eigenvalue weighted by atomic mass is 16.7. The first-order valence-corrected chi connectivity index (χ1v) is 17.8. The number of rotatable bonds is 16. The standard InChI is InChI=1S/C35H54O15/c1-2-3-4-7-19(47-34-32(44)30(42)28(40)25(14-36)49-34)9-10-20-21-11-17-6-5-8-23(46-16-27(38)39)22(17)12-18(21)13-24(20)48-35-33(45)31(43)29(41)26(15-37)50-35/h5-6,8,18-21,24-26,28-37,40-45H,2-4,7,9-16H2,1H3,(H,38,39)/t18-,19-,20+,21-,24+,25-,26-,28+,29+,30+,31+,32-,33-,34-,35-/m1/s1. The lowest BCUT2D eigenvalue weighted by Gasteiger charge is -2.42. The smallest absolute Gasteiger partial charge is 0.341 e. The quantitative estimate of drug-likeness (QED) is 0.0955. The van der Waals surface area contributed by atoms with Gasteiger partial charge in [-0.1, -0.05) is 38.3 Å². The van der Waals surface area contributed by atoms with Gasteiger partial charge in [-0.2, -0.15) is 0 Å². The number of aliphatic carboxylic acids is 1. The molecule has 4 aliphatic rings. The molecule has 3 fully saturated rings. The van der Waals surface area contributed by atoms with E-state index in [4.69, 9.17) is 23.7 Å². The lowest BCUT2D eigenvalue weighted by Crippen LogP contribution is -2.60. The zero-order valence-corrected chi connectivity index (χ0v) is 28.4. The number of hydrogen-bond donors (Lipinski definition) is 9. The molecule has 2 aliphatic carbocycles. The van der Waals surface area contributed by atoms with Crippen molar-refractivity contribution in [3.8, 4) is 5.75 Å². The third-order valence-corrected chi connectivity index (χ3v) is 11.0. The van der Waals surface area contributed by atoms with Gasteiger partial charge < -0.3 is 69.6 Å². The maximum atomic E-state index is 11.2. The molecule has 15 heteroatoms. The van der Waals surface area contributed by atoms with Gasteiger partial charge >= 0.3 is 5.97 Å². The number of aliphatic hydroxyl groups is 8. The van der Waals surface area contributed by atoms with Gasteiger partial charge in [-0.3, -0.25) is 0 Å². The Morgan fingerprint density at radius 2 is 1.52 bits per heavy atom. The second kappa shape index (κ2) is 17.7. The van der Waals surface area contributed by atoms with Crippen LogP contribution in [0.25, 0.3) is 0 Å². The topological polar surface area (TPSA) is 245 Å². The summed E-state index contributed by atoms with van der Waals surface area (Å²) in [7, 11) is 0. The van der Waals surface area contributed by atoms with Gasteiger partial charge in [0.05, 0.1) is 25.4 Å². The minimum Gasteiger partial charge on any atom is -0.482 e. The number of hydrogen-bond acceptors (Lipinski definition) is 14. The monoisotopic (exact) mass is 714 g/mol. The Balaban J connectivity index is 1.37. The van der Waals surface area contributed by atoms with E-state index in [1.165, 1.54) is 0 Å². The van der Waals surface area contributed by atoms with Crippen LogP contribution in [-0.4, -0.2) is 145 Å². The molecule has 2 heterocycles. The molecule has 50 heavy (non-hydrogen) atoms. The first kappa shape index (κ1) is 39.2. The summed E-state index contributed by atoms with van der Waals surface area (Å²) in [5.41, 5.74) is 1.97. The molecule has 2 saturated heterocycles. The highest BCUT2D eigenvalue weighted by molar-refractivity contribution is 5.68. The zero-order valence-electron chi connectivity index (χ0n) is 28.4. The molecule has 0 spiro atoms. The summed E-state index contributed by atoms with van der Waals surface area (Å²) >= 11 is 0. The van der Waals surface area contributed by atoms with Crippen molar-refractivity contribution >= 4 is 5.97 Å². The maximum Gasteiger partial charge on any atom is 0.341 e. The van der Waals surface area contributed by atoms with E-state index >= 15 is 0 Å². The van der Waals surface area contributed by atoms with Gasteiger partial charge in [0.25, 0.3) is 0 Å². The summed E-state index contributed by atoms with van der Waals surface area (Å²) in [6.07, 6.45) is -8.83. The van der Waals surface area contributed by atoms with Crippen LogP contribution in [0.2, 0.25) is 0 Å². The number of aliphatic hydroxyl groups excluding tert-OH is 8. The number of ether oxygens (including phenoxy) is 5. The van der Waals surface area contributed by atoms with Crippen molar-refractivity contribution in [1.82, 2.24) is 0 Å². The Morgan fingerprint density at radius 3 is 2.16 bits per heavy atom. The lowest BCUT2D eigenvalue weighted by molar-refractivity contribution is -0.315. The van der Waals surface area contributed by atoms with E-state index in [0.717, 1.165) is 30.4 Å². The fourth-order valence-electron chi connectivity index (χ4n) is 8.21. The lowest BCUT2D eigenvalue weighted by atomic mass is 9.73. The van der Waals surface area contributed by atoms with Crippen LogP contribution in [0.1, 0.15) is 63.0 Å². The number of fused-ring (bicyclic) bond motifs is 2. The fourth-order valence-corrected chi connectivity index (χ4v) is 8.21. The van der Waals surface area contributed by atoms with E-state index in [-0.39, 0.29) is 17.8 Å². The molecule has 1 aromatic rings. The molecule has 15 nitrogen and oxygen atoms in total. The van der Waals surface area contributed by atoms with E-state index in [1.807, 2.05) is 12.1 Å². The van der Waals surface area contributed by atoms with Crippen LogP contribution in [-0.2, 0) is 36.6 Å². The first-order valence-electron chi connectivity index (χ1n) is 17.8. The Labute approximate surface area is 291 Å². The van der Waals surface area contributed by atoms with E-state index in [2.05, 4.69) is 6.92 Å². The van der Waals surface area contributed by atoms with Gasteiger partial charge in [0, 0.05) is 0 Å². The third-order valence-electron chi connectivity index (χ3n) is 11.0. The van der Waals surface area contributed by atoms with Crippen molar-refractivity contribution in [3.63, 3.8) is 0 Å². The molecule has 1 aromatic carbocycles. The van der Waals surface area contributed by atoms with Gasteiger partial charge in [0.15, 0.2) is 19.2 Å². The van der Waals surface area contributed by atoms with E-state index < -0.39 is 99.4 Å². The molecule has 1 saturated carbocycles. The normalized spacial score (nSPS) is 39.1. The minimum atomic E-state index is -1.60. The number of carboxylic acid groups (broad SMARTS) is 1. The van der Waals surface area contributed by atoms with Crippen LogP contribution in [0, 0.1) is 17.8 Å². The SMILES string of the molecule is CCCCC[C@H](CC[C@H]1[C@@H]2Cc3cccc(OCC(=O)O)c3C[C@@H]2C[C@@H]1O[C@@H]1O[C@H](CO)[C@H](O)[C@H](O)[C@H]1O)O[C@@H]1O[C@H](CO)[C@H](O)[C@H](O)[C@H]1O. The Kier molecular flexibility index (Phi) is 13.9. The van der Waals surface area contributed by atoms with Crippen LogP contribution in [0.5, 0.6) is 5.75 Å². The molecular weight excluding hydrogens is 660 g/mol. The molecule has 2 aliphatic heterocycles. The van der Waals surface area contributed by atoms with Crippen LogP contribution in [0.4, 0.5) is 0 Å². The second-order valence-corrected chi connectivity index (χ2v) is 14.2. The summed E-state index contributed by atoms with van der Waals surface area (Å²) < 4.78 is 29.7. The van der Waals surface area contributed by atoms with Gasteiger partial charge in [0.2, 0.25) is 0 Å². The van der Waals surface area contributed by atoms with Crippen molar-refractivity contribution in [1.29, 1.82) is 0 Å². The Morgan fingerprint density at radius 1 is 0.860 bits per heavy atom. The summed E-state index contributed by atoms with van der Waals surface area (Å²) in [6.45, 7) is 0.446. The predicted octanol–water partition coefficient (Wildman–Crippen LogP) is -0.768. The number of unbranched alkanes of at least 4 members (excludes halogenated alkanes) is 2. The van der Waals surface area contributed by atoms with Gasteiger partial charge in [-0.15, -0.1) is 0 Å². The molecule has 0 amide bonds. The Bertz CT molecular complexity index is 1230. The van der Waals surface area contributed by atoms with E-state index in [1.54, 1.807) is 6.07 Å². The van der Waals surface area contributed by atoms with Crippen molar-refractivity contribution in [2.24, 2.45) is 17.8 Å². The van der Waals surface area contributed by atoms with Gasteiger partial charge in [0.1, 0.15) is 54.6 Å². The molecule has 0 radical (unpaired) electrons. The van der Waals surface area contributed by atoms with Crippen LogP contribution >= 0.6 is 0 Å². The molecule has 0 aromatic heterocycles. The minimum absolute atomic E-state index is 0.0851. The van der Waals surface area contributed by atoms with Crippen LogP contribution in [0.15, 0.2) is 18.2 Å². The molecular formula is C35H54O15. The summed E-state index contributed by atoms with van der Waals surface area (Å²) in [5.74, 6) is -0.500. The summed E-state index contributed by atoms with van der Waals surface area (Å²) in [5, 5.41) is 91.5. The zero-order chi connectivity index (χ0) is 36.1. The molecule has 284 valence electrons. The first-order chi connectivity index (χ1) is 24.0. The number of carbonyl (C=O) groups is 1. The molecule has 0 unspecified atom stereocenters. The van der Waals surface area contributed by atoms with Crippen LogP contribution < -0.4 is 4.74 Å². The molecule has 5 rings (SSSR count). The second-order valence-electron chi connectivity index (χ2n) is 14.2. The van der Waals surface area contributed by atoms with Crippen molar-refractivity contribution in [2.45, 2.75) is 138 Å². The van der Waals surface area contributed by atoms with Gasteiger partial charge in [-0.25, -0.2) is 4.79 Å². The van der Waals surface area contributed by atoms with Crippen molar-refractivity contribution < 1.29 is 74.4 Å². The average Bonchev–Trinajstić information content (AvgIpc) is 3.44. The van der Waals surface area contributed by atoms with Crippen molar-refractivity contribution in [3.05, 3.63) is 29.3 Å². The highest BCUT2D eigenvalue weighted by Gasteiger charge is 2.51. The number of benzene rings is 1. The highest BCUT2D eigenvalue weighted by Crippen LogP contribution is 2.50. The fraction of sp³-hybridized carbons (Fsp3) is 0.800.